The highest BCUT2D eigenvalue weighted by atomic mass is 15.4. The van der Waals surface area contributed by atoms with E-state index in [1.807, 2.05) is 0 Å². The zero-order valence-electron chi connectivity index (χ0n) is 18.1. The molecule has 2 unspecified atom stereocenters. The summed E-state index contributed by atoms with van der Waals surface area (Å²) in [5.74, 6) is 0. The van der Waals surface area contributed by atoms with Gasteiger partial charge in [-0.15, -0.1) is 0 Å². The van der Waals surface area contributed by atoms with Crippen LogP contribution in [0, 0.1) is 13.8 Å². The van der Waals surface area contributed by atoms with Crippen molar-refractivity contribution in [2.75, 3.05) is 16.5 Å². The first-order valence-corrected chi connectivity index (χ1v) is 11.0. The molecule has 0 N–H and O–H groups in total. The number of rotatable bonds is 4. The maximum atomic E-state index is 2.55. The third kappa shape index (κ3) is 3.82. The molecule has 2 heteroatoms. The van der Waals surface area contributed by atoms with E-state index in [0.717, 1.165) is 6.67 Å². The van der Waals surface area contributed by atoms with E-state index in [4.69, 9.17) is 0 Å². The fourth-order valence-corrected chi connectivity index (χ4v) is 4.66. The Balaban J connectivity index is 1.68. The van der Waals surface area contributed by atoms with E-state index in [9.17, 15) is 0 Å². The normalized spacial score (nSPS) is 18.4. The van der Waals surface area contributed by atoms with Crippen LogP contribution in [0.15, 0.2) is 109 Å². The second-order valence-corrected chi connectivity index (χ2v) is 8.46. The quantitative estimate of drug-likeness (QED) is 0.359. The van der Waals surface area contributed by atoms with Crippen molar-refractivity contribution in [3.63, 3.8) is 0 Å². The predicted molar refractivity (Wildman–Crippen MR) is 131 cm³/mol. The van der Waals surface area contributed by atoms with Crippen molar-refractivity contribution in [2.45, 2.75) is 25.9 Å². The molecular weight excluding hydrogens is 376 g/mol. The molecule has 4 aromatic carbocycles. The number of nitrogens with zero attached hydrogens (tertiary/aromatic N) is 2. The summed E-state index contributed by atoms with van der Waals surface area (Å²) in [5.41, 5.74) is 7.77. The number of anilines is 2. The molecule has 0 radical (unpaired) electrons. The first-order valence-electron chi connectivity index (χ1n) is 11.0. The van der Waals surface area contributed by atoms with Gasteiger partial charge < -0.3 is 9.80 Å². The van der Waals surface area contributed by atoms with Gasteiger partial charge in [0.05, 0.1) is 18.8 Å². The van der Waals surface area contributed by atoms with Crippen LogP contribution in [0.25, 0.3) is 0 Å². The summed E-state index contributed by atoms with van der Waals surface area (Å²) >= 11 is 0. The Labute approximate surface area is 185 Å². The third-order valence-electron chi connectivity index (χ3n) is 6.29. The zero-order valence-corrected chi connectivity index (χ0v) is 18.1. The molecule has 0 aliphatic carbocycles. The Morgan fingerprint density at radius 1 is 0.484 bits per heavy atom. The predicted octanol–water partition coefficient (Wildman–Crippen LogP) is 7.07. The molecule has 0 amide bonds. The molecule has 0 spiro atoms. The van der Waals surface area contributed by atoms with Crippen LogP contribution >= 0.6 is 0 Å². The van der Waals surface area contributed by atoms with Crippen LogP contribution in [0.4, 0.5) is 11.4 Å². The van der Waals surface area contributed by atoms with E-state index in [-0.39, 0.29) is 12.1 Å². The lowest BCUT2D eigenvalue weighted by Gasteiger charge is -2.30. The van der Waals surface area contributed by atoms with Gasteiger partial charge in [-0.25, -0.2) is 0 Å². The van der Waals surface area contributed by atoms with Gasteiger partial charge in [0.15, 0.2) is 0 Å². The van der Waals surface area contributed by atoms with Crippen molar-refractivity contribution in [1.82, 2.24) is 0 Å². The van der Waals surface area contributed by atoms with Gasteiger partial charge in [0.2, 0.25) is 0 Å². The standard InChI is InChI=1S/C29H28N2/c1-22-13-17-26(18-14-22)30-21-31(27-19-15-23(2)16-20-27)29(25-11-7-4-8-12-25)28(30)24-9-5-3-6-10-24/h3-20,28-29H,21H2,1-2H3. The van der Waals surface area contributed by atoms with Crippen LogP contribution in [0.5, 0.6) is 0 Å². The Morgan fingerprint density at radius 3 is 1.19 bits per heavy atom. The summed E-state index contributed by atoms with van der Waals surface area (Å²) in [6.07, 6.45) is 0. The largest absolute Gasteiger partial charge is 0.344 e. The van der Waals surface area contributed by atoms with Crippen LogP contribution < -0.4 is 9.80 Å². The van der Waals surface area contributed by atoms with E-state index >= 15 is 0 Å². The molecule has 0 bridgehead atoms. The minimum Gasteiger partial charge on any atom is -0.344 e. The topological polar surface area (TPSA) is 6.48 Å². The van der Waals surface area contributed by atoms with E-state index < -0.39 is 0 Å². The number of aryl methyl sites for hydroxylation is 2. The van der Waals surface area contributed by atoms with Gasteiger partial charge in [0, 0.05) is 11.4 Å². The molecule has 0 saturated carbocycles. The molecule has 1 aliphatic rings. The molecule has 1 fully saturated rings. The van der Waals surface area contributed by atoms with E-state index in [1.54, 1.807) is 0 Å². The van der Waals surface area contributed by atoms with E-state index in [2.05, 4.69) is 133 Å². The first-order chi connectivity index (χ1) is 15.2. The number of hydrogen-bond acceptors (Lipinski definition) is 2. The van der Waals surface area contributed by atoms with Gasteiger partial charge >= 0.3 is 0 Å². The highest BCUT2D eigenvalue weighted by Gasteiger charge is 2.42. The zero-order chi connectivity index (χ0) is 21.2. The molecule has 5 rings (SSSR count). The summed E-state index contributed by atoms with van der Waals surface area (Å²) in [4.78, 5) is 5.10. The monoisotopic (exact) mass is 404 g/mol. The fraction of sp³-hybridized carbons (Fsp3) is 0.172. The molecule has 31 heavy (non-hydrogen) atoms. The first kappa shape index (κ1) is 19.4. The Bertz CT molecular complexity index is 1030. The Hall–Kier alpha value is -3.52. The smallest absolute Gasteiger partial charge is 0.0917 e. The fourth-order valence-electron chi connectivity index (χ4n) is 4.66. The van der Waals surface area contributed by atoms with Gasteiger partial charge in [-0.2, -0.15) is 0 Å². The lowest BCUT2D eigenvalue weighted by Crippen LogP contribution is -2.26. The molecule has 1 heterocycles. The van der Waals surface area contributed by atoms with Crippen molar-refractivity contribution in [3.8, 4) is 0 Å². The maximum Gasteiger partial charge on any atom is 0.0917 e. The summed E-state index contributed by atoms with van der Waals surface area (Å²) in [5, 5.41) is 0. The molecule has 1 aliphatic heterocycles. The van der Waals surface area contributed by atoms with E-state index in [1.165, 1.54) is 33.6 Å². The van der Waals surface area contributed by atoms with Crippen LogP contribution in [0.3, 0.4) is 0 Å². The molecule has 2 nitrogen and oxygen atoms in total. The molecule has 4 aromatic rings. The lowest BCUT2D eigenvalue weighted by molar-refractivity contribution is 0.618. The van der Waals surface area contributed by atoms with Gasteiger partial charge in [0.25, 0.3) is 0 Å². The van der Waals surface area contributed by atoms with Gasteiger partial charge in [0.1, 0.15) is 0 Å². The SMILES string of the molecule is Cc1ccc(N2CN(c3ccc(C)cc3)C(c3ccccc3)C2c2ccccc2)cc1. The van der Waals surface area contributed by atoms with Crippen LogP contribution in [-0.4, -0.2) is 6.67 Å². The highest BCUT2D eigenvalue weighted by molar-refractivity contribution is 5.61. The Kier molecular flexibility index (Phi) is 5.21. The second kappa shape index (κ2) is 8.31. The molecule has 1 saturated heterocycles. The number of benzene rings is 4. The average molecular weight is 405 g/mol. The second-order valence-electron chi connectivity index (χ2n) is 8.46. The molecular formula is C29H28N2. The minimum absolute atomic E-state index is 0.215. The lowest BCUT2D eigenvalue weighted by atomic mass is 9.92. The highest BCUT2D eigenvalue weighted by Crippen LogP contribution is 2.47. The molecule has 0 aromatic heterocycles. The van der Waals surface area contributed by atoms with Crippen LogP contribution in [0.2, 0.25) is 0 Å². The van der Waals surface area contributed by atoms with Crippen molar-refractivity contribution in [1.29, 1.82) is 0 Å². The van der Waals surface area contributed by atoms with Gasteiger partial charge in [-0.05, 0) is 49.2 Å². The van der Waals surface area contributed by atoms with Gasteiger partial charge in [-0.1, -0.05) is 96.1 Å². The van der Waals surface area contributed by atoms with Crippen LogP contribution in [-0.2, 0) is 0 Å². The molecule has 154 valence electrons. The Morgan fingerprint density at radius 2 is 0.839 bits per heavy atom. The summed E-state index contributed by atoms with van der Waals surface area (Å²) in [7, 11) is 0. The molecule has 2 atom stereocenters. The van der Waals surface area contributed by atoms with Crippen molar-refractivity contribution < 1.29 is 0 Å². The minimum atomic E-state index is 0.215. The summed E-state index contributed by atoms with van der Waals surface area (Å²) < 4.78 is 0. The van der Waals surface area contributed by atoms with Gasteiger partial charge in [-0.3, -0.25) is 0 Å². The average Bonchev–Trinajstić information content (AvgIpc) is 3.22. The summed E-state index contributed by atoms with van der Waals surface area (Å²) in [6.45, 7) is 5.13. The van der Waals surface area contributed by atoms with E-state index in [0.29, 0.717) is 0 Å². The van der Waals surface area contributed by atoms with Crippen molar-refractivity contribution in [2.24, 2.45) is 0 Å². The van der Waals surface area contributed by atoms with Crippen molar-refractivity contribution in [3.05, 3.63) is 131 Å². The van der Waals surface area contributed by atoms with Crippen molar-refractivity contribution >= 4 is 11.4 Å². The third-order valence-corrected chi connectivity index (χ3v) is 6.29. The number of hydrogen-bond donors (Lipinski definition) is 0. The van der Waals surface area contributed by atoms with Crippen LogP contribution in [0.1, 0.15) is 34.3 Å². The summed E-state index contributed by atoms with van der Waals surface area (Å²) in [6, 6.07) is 40.2. The maximum absolute atomic E-state index is 2.55.